The number of hydrogen-bond donors (Lipinski definition) is 1. The second kappa shape index (κ2) is 4.41. The Morgan fingerprint density at radius 3 is 2.69 bits per heavy atom. The maximum atomic E-state index is 10.1. The Balaban J connectivity index is 2.35. The lowest BCUT2D eigenvalue weighted by Gasteiger charge is -2.11. The molecule has 0 spiro atoms. The van der Waals surface area contributed by atoms with E-state index in [4.69, 9.17) is 0 Å². The van der Waals surface area contributed by atoms with Gasteiger partial charge in [0.2, 0.25) is 0 Å². The largest absolute Gasteiger partial charge is 0.382 e. The van der Waals surface area contributed by atoms with Gasteiger partial charge in [-0.05, 0) is 31.5 Å². The lowest BCUT2D eigenvalue weighted by Crippen LogP contribution is -2.03. The number of pyridine rings is 2. The van der Waals surface area contributed by atoms with Crippen molar-refractivity contribution in [3.05, 3.63) is 59.2 Å². The first-order chi connectivity index (χ1) is 7.66. The summed E-state index contributed by atoms with van der Waals surface area (Å²) in [5.41, 5.74) is 3.37. The fraction of sp³-hybridized carbons (Fsp3) is 0.231. The van der Waals surface area contributed by atoms with Crippen LogP contribution in [0.4, 0.5) is 0 Å². The lowest BCUT2D eigenvalue weighted by atomic mass is 10.1. The zero-order chi connectivity index (χ0) is 11.5. The Morgan fingerprint density at radius 2 is 2.00 bits per heavy atom. The van der Waals surface area contributed by atoms with E-state index in [2.05, 4.69) is 9.97 Å². The summed E-state index contributed by atoms with van der Waals surface area (Å²) in [5, 5.41) is 10.1. The molecule has 1 atom stereocenters. The second-order valence-corrected chi connectivity index (χ2v) is 3.90. The maximum absolute atomic E-state index is 10.1. The van der Waals surface area contributed by atoms with E-state index in [1.54, 1.807) is 12.4 Å². The molecule has 3 heteroatoms. The molecule has 0 amide bonds. The number of aryl methyl sites for hydroxylation is 2. The van der Waals surface area contributed by atoms with E-state index in [0.29, 0.717) is 5.69 Å². The average Bonchev–Trinajstić information content (AvgIpc) is 2.28. The van der Waals surface area contributed by atoms with Crippen LogP contribution < -0.4 is 0 Å². The van der Waals surface area contributed by atoms with E-state index in [-0.39, 0.29) is 0 Å². The Morgan fingerprint density at radius 1 is 1.19 bits per heavy atom. The van der Waals surface area contributed by atoms with Crippen LogP contribution >= 0.6 is 0 Å². The highest BCUT2D eigenvalue weighted by molar-refractivity contribution is 5.26. The molecular formula is C13H14N2O. The summed E-state index contributed by atoms with van der Waals surface area (Å²) in [7, 11) is 0. The monoisotopic (exact) mass is 214 g/mol. The van der Waals surface area contributed by atoms with Crippen LogP contribution in [0.15, 0.2) is 36.7 Å². The van der Waals surface area contributed by atoms with E-state index < -0.39 is 6.10 Å². The molecule has 2 aromatic heterocycles. The van der Waals surface area contributed by atoms with Gasteiger partial charge in [0.15, 0.2) is 0 Å². The summed E-state index contributed by atoms with van der Waals surface area (Å²) in [6, 6.07) is 7.54. The van der Waals surface area contributed by atoms with Gasteiger partial charge in [-0.2, -0.15) is 0 Å². The first kappa shape index (κ1) is 10.8. The number of aromatic nitrogens is 2. The second-order valence-electron chi connectivity index (χ2n) is 3.90. The normalized spacial score (nSPS) is 12.4. The summed E-state index contributed by atoms with van der Waals surface area (Å²) >= 11 is 0. The van der Waals surface area contributed by atoms with Crippen LogP contribution in [-0.2, 0) is 0 Å². The third-order valence-corrected chi connectivity index (χ3v) is 2.40. The van der Waals surface area contributed by atoms with Crippen molar-refractivity contribution in [2.24, 2.45) is 0 Å². The predicted molar refractivity (Wildman–Crippen MR) is 62.0 cm³/mol. The summed E-state index contributed by atoms with van der Waals surface area (Å²) in [6.45, 7) is 3.86. The minimum absolute atomic E-state index is 0.660. The van der Waals surface area contributed by atoms with Crippen molar-refractivity contribution in [1.29, 1.82) is 0 Å². The zero-order valence-corrected chi connectivity index (χ0v) is 9.38. The van der Waals surface area contributed by atoms with Crippen LogP contribution in [0.5, 0.6) is 0 Å². The van der Waals surface area contributed by atoms with Crippen LogP contribution in [0.3, 0.4) is 0 Å². The van der Waals surface area contributed by atoms with E-state index in [9.17, 15) is 5.11 Å². The number of hydrogen-bond acceptors (Lipinski definition) is 3. The van der Waals surface area contributed by atoms with Crippen molar-refractivity contribution in [3.8, 4) is 0 Å². The molecule has 2 aromatic rings. The van der Waals surface area contributed by atoms with E-state index >= 15 is 0 Å². The average molecular weight is 214 g/mol. The van der Waals surface area contributed by atoms with Gasteiger partial charge < -0.3 is 5.11 Å². The Hall–Kier alpha value is -1.74. The molecule has 0 aliphatic carbocycles. The summed E-state index contributed by atoms with van der Waals surface area (Å²) < 4.78 is 0. The van der Waals surface area contributed by atoms with Gasteiger partial charge in [0.1, 0.15) is 6.10 Å². The fourth-order valence-electron chi connectivity index (χ4n) is 1.62. The highest BCUT2D eigenvalue weighted by atomic mass is 16.3. The van der Waals surface area contributed by atoms with Crippen LogP contribution in [-0.4, -0.2) is 15.1 Å². The molecule has 2 heterocycles. The number of aliphatic hydroxyl groups is 1. The Labute approximate surface area is 94.8 Å². The maximum Gasteiger partial charge on any atom is 0.122 e. The SMILES string of the molecule is Cc1cncc(C(O)c2cccc(C)n2)c1. The molecule has 3 nitrogen and oxygen atoms in total. The van der Waals surface area contributed by atoms with E-state index in [1.807, 2.05) is 38.1 Å². The standard InChI is InChI=1S/C13H14N2O/c1-9-6-11(8-14-7-9)13(16)12-5-3-4-10(2)15-12/h3-8,13,16H,1-2H3. The van der Waals surface area contributed by atoms with Crippen LogP contribution in [0.1, 0.15) is 28.6 Å². The van der Waals surface area contributed by atoms with Crippen LogP contribution in [0.2, 0.25) is 0 Å². The minimum Gasteiger partial charge on any atom is -0.382 e. The third kappa shape index (κ3) is 2.25. The first-order valence-corrected chi connectivity index (χ1v) is 5.20. The molecule has 0 aromatic carbocycles. The van der Waals surface area contributed by atoms with E-state index in [0.717, 1.165) is 16.8 Å². The molecule has 1 N–H and O–H groups in total. The van der Waals surface area contributed by atoms with Crippen LogP contribution in [0, 0.1) is 13.8 Å². The lowest BCUT2D eigenvalue weighted by molar-refractivity contribution is 0.214. The van der Waals surface area contributed by atoms with Crippen molar-refractivity contribution in [3.63, 3.8) is 0 Å². The van der Waals surface area contributed by atoms with Crippen molar-refractivity contribution >= 4 is 0 Å². The smallest absolute Gasteiger partial charge is 0.122 e. The molecule has 0 aliphatic heterocycles. The predicted octanol–water partition coefficient (Wildman–Crippen LogP) is 2.18. The van der Waals surface area contributed by atoms with Crippen molar-refractivity contribution in [1.82, 2.24) is 9.97 Å². The van der Waals surface area contributed by atoms with Gasteiger partial charge in [-0.1, -0.05) is 12.1 Å². The zero-order valence-electron chi connectivity index (χ0n) is 9.38. The number of aliphatic hydroxyl groups excluding tert-OH is 1. The van der Waals surface area contributed by atoms with E-state index in [1.165, 1.54) is 0 Å². The molecule has 82 valence electrons. The van der Waals surface area contributed by atoms with Gasteiger partial charge in [0.25, 0.3) is 0 Å². The minimum atomic E-state index is -0.702. The summed E-state index contributed by atoms with van der Waals surface area (Å²) in [6.07, 6.45) is 2.73. The van der Waals surface area contributed by atoms with Gasteiger partial charge in [-0.25, -0.2) is 0 Å². The quantitative estimate of drug-likeness (QED) is 0.833. The fourth-order valence-corrected chi connectivity index (χ4v) is 1.62. The van der Waals surface area contributed by atoms with Gasteiger partial charge in [-0.15, -0.1) is 0 Å². The molecule has 1 unspecified atom stereocenters. The van der Waals surface area contributed by atoms with Crippen molar-refractivity contribution < 1.29 is 5.11 Å². The Kier molecular flexibility index (Phi) is 2.97. The first-order valence-electron chi connectivity index (χ1n) is 5.20. The Bertz CT molecular complexity index is 451. The summed E-state index contributed by atoms with van der Waals surface area (Å²) in [5.74, 6) is 0. The highest BCUT2D eigenvalue weighted by Gasteiger charge is 2.12. The number of rotatable bonds is 2. The third-order valence-electron chi connectivity index (χ3n) is 2.40. The van der Waals surface area contributed by atoms with Gasteiger partial charge in [0, 0.05) is 23.7 Å². The van der Waals surface area contributed by atoms with Gasteiger partial charge in [0.05, 0.1) is 5.69 Å². The highest BCUT2D eigenvalue weighted by Crippen LogP contribution is 2.20. The van der Waals surface area contributed by atoms with Crippen molar-refractivity contribution in [2.45, 2.75) is 20.0 Å². The molecule has 0 fully saturated rings. The molecular weight excluding hydrogens is 200 g/mol. The van der Waals surface area contributed by atoms with Gasteiger partial charge >= 0.3 is 0 Å². The molecule has 0 saturated carbocycles. The summed E-state index contributed by atoms with van der Waals surface area (Å²) in [4.78, 5) is 8.37. The van der Waals surface area contributed by atoms with Crippen LogP contribution in [0.25, 0.3) is 0 Å². The van der Waals surface area contributed by atoms with Crippen molar-refractivity contribution in [2.75, 3.05) is 0 Å². The molecule has 0 bridgehead atoms. The molecule has 0 aliphatic rings. The molecule has 0 radical (unpaired) electrons. The van der Waals surface area contributed by atoms with Gasteiger partial charge in [-0.3, -0.25) is 9.97 Å². The topological polar surface area (TPSA) is 46.0 Å². The molecule has 16 heavy (non-hydrogen) atoms. The number of nitrogens with zero attached hydrogens (tertiary/aromatic N) is 2. The molecule has 0 saturated heterocycles. The molecule has 2 rings (SSSR count).